The summed E-state index contributed by atoms with van der Waals surface area (Å²) in [6, 6.07) is 10.6. The lowest BCUT2D eigenvalue weighted by molar-refractivity contribution is 0.0783. The fraction of sp³-hybridized carbons (Fsp3) is 0.200. The van der Waals surface area contributed by atoms with Crippen molar-refractivity contribution in [2.45, 2.75) is 13.5 Å². The van der Waals surface area contributed by atoms with Gasteiger partial charge in [-0.1, -0.05) is 17.7 Å². The van der Waals surface area contributed by atoms with Crippen LogP contribution in [-0.2, 0) is 6.54 Å². The number of amides is 1. The zero-order valence-corrected chi connectivity index (χ0v) is 12.2. The maximum absolute atomic E-state index is 12.3. The molecule has 0 aliphatic carbocycles. The molecule has 2 N–H and O–H groups in total. The van der Waals surface area contributed by atoms with Crippen LogP contribution in [0.25, 0.3) is 0 Å². The number of aryl methyl sites for hydroxylation is 1. The number of carbonyl (C=O) groups is 1. The molecule has 1 amide bonds. The van der Waals surface area contributed by atoms with E-state index in [-0.39, 0.29) is 5.91 Å². The summed E-state index contributed by atoms with van der Waals surface area (Å²) in [4.78, 5) is 18.3. The van der Waals surface area contributed by atoms with E-state index in [1.54, 1.807) is 30.1 Å². The Hall–Kier alpha value is -2.07. The van der Waals surface area contributed by atoms with Crippen molar-refractivity contribution in [2.24, 2.45) is 0 Å². The molecule has 104 valence electrons. The molecule has 1 heterocycles. The Balaban J connectivity index is 2.16. The average Bonchev–Trinajstić information content (AvgIpc) is 2.36. The largest absolute Gasteiger partial charge is 0.399 e. The van der Waals surface area contributed by atoms with Crippen LogP contribution in [0.15, 0.2) is 36.4 Å². The van der Waals surface area contributed by atoms with Crippen LogP contribution in [0.5, 0.6) is 0 Å². The number of rotatable bonds is 3. The molecular formula is C15H16ClN3O. The third-order valence-corrected chi connectivity index (χ3v) is 3.08. The lowest BCUT2D eigenvalue weighted by atomic mass is 10.1. The molecule has 0 radical (unpaired) electrons. The SMILES string of the molecule is Cc1cccc(CN(C)C(=O)c2cc(N)cc(Cl)c2)n1. The van der Waals surface area contributed by atoms with Crippen molar-refractivity contribution in [3.8, 4) is 0 Å². The third kappa shape index (κ3) is 3.48. The highest BCUT2D eigenvalue weighted by molar-refractivity contribution is 6.31. The third-order valence-electron chi connectivity index (χ3n) is 2.86. The summed E-state index contributed by atoms with van der Waals surface area (Å²) >= 11 is 5.92. The summed E-state index contributed by atoms with van der Waals surface area (Å²) in [7, 11) is 1.73. The summed E-state index contributed by atoms with van der Waals surface area (Å²) in [5.74, 6) is -0.137. The maximum atomic E-state index is 12.3. The van der Waals surface area contributed by atoms with E-state index in [0.717, 1.165) is 11.4 Å². The van der Waals surface area contributed by atoms with Gasteiger partial charge in [-0.15, -0.1) is 0 Å². The lowest BCUT2D eigenvalue weighted by Crippen LogP contribution is -2.26. The van der Waals surface area contributed by atoms with Crippen molar-refractivity contribution in [3.63, 3.8) is 0 Å². The number of nitrogens with zero attached hydrogens (tertiary/aromatic N) is 2. The van der Waals surface area contributed by atoms with Gasteiger partial charge in [0.05, 0.1) is 12.2 Å². The van der Waals surface area contributed by atoms with Gasteiger partial charge in [0.25, 0.3) is 5.91 Å². The Bertz CT molecular complexity index is 623. The zero-order valence-electron chi connectivity index (χ0n) is 11.4. The molecular weight excluding hydrogens is 274 g/mol. The van der Waals surface area contributed by atoms with E-state index in [1.165, 1.54) is 0 Å². The first-order valence-electron chi connectivity index (χ1n) is 6.20. The van der Waals surface area contributed by atoms with Crippen LogP contribution in [0.1, 0.15) is 21.7 Å². The van der Waals surface area contributed by atoms with Crippen molar-refractivity contribution >= 4 is 23.2 Å². The summed E-state index contributed by atoms with van der Waals surface area (Å²) < 4.78 is 0. The second kappa shape index (κ2) is 5.92. The van der Waals surface area contributed by atoms with Gasteiger partial charge in [0, 0.05) is 29.0 Å². The normalized spacial score (nSPS) is 10.3. The topological polar surface area (TPSA) is 59.2 Å². The molecule has 0 atom stereocenters. The van der Waals surface area contributed by atoms with E-state index in [1.807, 2.05) is 25.1 Å². The summed E-state index contributed by atoms with van der Waals surface area (Å²) in [6.07, 6.45) is 0. The fourth-order valence-electron chi connectivity index (χ4n) is 1.96. The van der Waals surface area contributed by atoms with Crippen LogP contribution >= 0.6 is 11.6 Å². The van der Waals surface area contributed by atoms with Gasteiger partial charge in [-0.2, -0.15) is 0 Å². The average molecular weight is 290 g/mol. The van der Waals surface area contributed by atoms with Crippen LogP contribution in [0.4, 0.5) is 5.69 Å². The zero-order chi connectivity index (χ0) is 14.7. The number of pyridine rings is 1. The Kier molecular flexibility index (Phi) is 4.25. The molecule has 0 spiro atoms. The quantitative estimate of drug-likeness (QED) is 0.884. The van der Waals surface area contributed by atoms with Crippen LogP contribution in [0.3, 0.4) is 0 Å². The van der Waals surface area contributed by atoms with Gasteiger partial charge >= 0.3 is 0 Å². The van der Waals surface area contributed by atoms with E-state index >= 15 is 0 Å². The van der Waals surface area contributed by atoms with Crippen LogP contribution < -0.4 is 5.73 Å². The van der Waals surface area contributed by atoms with Crippen LogP contribution in [0.2, 0.25) is 5.02 Å². The van der Waals surface area contributed by atoms with E-state index < -0.39 is 0 Å². The smallest absolute Gasteiger partial charge is 0.254 e. The molecule has 1 aromatic heterocycles. The molecule has 0 saturated carbocycles. The molecule has 1 aromatic carbocycles. The minimum atomic E-state index is -0.137. The van der Waals surface area contributed by atoms with Crippen molar-refractivity contribution in [1.29, 1.82) is 0 Å². The fourth-order valence-corrected chi connectivity index (χ4v) is 2.20. The Morgan fingerprint density at radius 2 is 2.10 bits per heavy atom. The standard InChI is InChI=1S/C15H16ClN3O/c1-10-4-3-5-14(18-10)9-19(2)15(20)11-6-12(16)8-13(17)7-11/h3-8H,9,17H2,1-2H3. The number of nitrogens with two attached hydrogens (primary N) is 1. The number of halogens is 1. The monoisotopic (exact) mass is 289 g/mol. The van der Waals surface area contributed by atoms with Crippen LogP contribution in [-0.4, -0.2) is 22.8 Å². The number of hydrogen-bond donors (Lipinski definition) is 1. The first-order chi connectivity index (χ1) is 9.45. The van der Waals surface area contributed by atoms with Gasteiger partial charge in [-0.25, -0.2) is 0 Å². The molecule has 20 heavy (non-hydrogen) atoms. The lowest BCUT2D eigenvalue weighted by Gasteiger charge is -2.17. The van der Waals surface area contributed by atoms with Gasteiger partial charge in [0.15, 0.2) is 0 Å². The number of hydrogen-bond acceptors (Lipinski definition) is 3. The van der Waals surface area contributed by atoms with E-state index in [0.29, 0.717) is 22.8 Å². The first kappa shape index (κ1) is 14.3. The van der Waals surface area contributed by atoms with Gasteiger partial charge < -0.3 is 10.6 Å². The summed E-state index contributed by atoms with van der Waals surface area (Å²) in [6.45, 7) is 2.36. The molecule has 0 saturated heterocycles. The highest BCUT2D eigenvalue weighted by Crippen LogP contribution is 2.18. The molecule has 0 aliphatic heterocycles. The molecule has 5 heteroatoms. The number of benzene rings is 1. The van der Waals surface area contributed by atoms with Crippen molar-refractivity contribution in [1.82, 2.24) is 9.88 Å². The van der Waals surface area contributed by atoms with Crippen molar-refractivity contribution in [3.05, 3.63) is 58.4 Å². The second-order valence-corrected chi connectivity index (χ2v) is 5.14. The number of carbonyl (C=O) groups excluding carboxylic acids is 1. The van der Waals surface area contributed by atoms with E-state index in [4.69, 9.17) is 17.3 Å². The van der Waals surface area contributed by atoms with Gasteiger partial charge in [0.2, 0.25) is 0 Å². The minimum Gasteiger partial charge on any atom is -0.399 e. The molecule has 0 unspecified atom stereocenters. The second-order valence-electron chi connectivity index (χ2n) is 4.70. The van der Waals surface area contributed by atoms with E-state index in [9.17, 15) is 4.79 Å². The van der Waals surface area contributed by atoms with Gasteiger partial charge in [-0.3, -0.25) is 9.78 Å². The van der Waals surface area contributed by atoms with Crippen LogP contribution in [0, 0.1) is 6.92 Å². The number of anilines is 1. The molecule has 0 aliphatic rings. The van der Waals surface area contributed by atoms with Crippen molar-refractivity contribution < 1.29 is 4.79 Å². The van der Waals surface area contributed by atoms with E-state index in [2.05, 4.69) is 4.98 Å². The molecule has 0 bridgehead atoms. The van der Waals surface area contributed by atoms with Crippen molar-refractivity contribution in [2.75, 3.05) is 12.8 Å². The Morgan fingerprint density at radius 3 is 2.75 bits per heavy atom. The molecule has 4 nitrogen and oxygen atoms in total. The Labute approximate surface area is 123 Å². The minimum absolute atomic E-state index is 0.137. The number of nitrogen functional groups attached to an aromatic ring is 1. The first-order valence-corrected chi connectivity index (χ1v) is 6.57. The van der Waals surface area contributed by atoms with Gasteiger partial charge in [0.1, 0.15) is 0 Å². The molecule has 2 aromatic rings. The number of aromatic nitrogens is 1. The van der Waals surface area contributed by atoms with Gasteiger partial charge in [-0.05, 0) is 37.3 Å². The maximum Gasteiger partial charge on any atom is 0.254 e. The predicted octanol–water partition coefficient (Wildman–Crippen LogP) is 2.90. The Morgan fingerprint density at radius 1 is 1.35 bits per heavy atom. The highest BCUT2D eigenvalue weighted by Gasteiger charge is 2.13. The highest BCUT2D eigenvalue weighted by atomic mass is 35.5. The molecule has 2 rings (SSSR count). The molecule has 0 fully saturated rings. The summed E-state index contributed by atoms with van der Waals surface area (Å²) in [5, 5.41) is 0.454. The predicted molar refractivity (Wildman–Crippen MR) is 80.6 cm³/mol. The summed E-state index contributed by atoms with van der Waals surface area (Å²) in [5.41, 5.74) is 8.42.